The molecule has 0 saturated heterocycles. The molecule has 0 spiro atoms. The van der Waals surface area contributed by atoms with Crippen LogP contribution < -0.4 is 5.63 Å². The fraction of sp³-hybridized carbons (Fsp3) is 0. The molecule has 0 atom stereocenters. The summed E-state index contributed by atoms with van der Waals surface area (Å²) in [5, 5.41) is 0.554. The van der Waals surface area contributed by atoms with Crippen molar-refractivity contribution in [2.24, 2.45) is 0 Å². The van der Waals surface area contributed by atoms with Crippen molar-refractivity contribution >= 4 is 32.4 Å². The third kappa shape index (κ3) is 2.51. The van der Waals surface area contributed by atoms with E-state index in [1.165, 1.54) is 30.3 Å². The maximum Gasteiger partial charge on any atom is 0.355 e. The fourth-order valence-corrected chi connectivity index (χ4v) is 3.42. The van der Waals surface area contributed by atoms with E-state index in [9.17, 15) is 17.6 Å². The van der Waals surface area contributed by atoms with Crippen molar-refractivity contribution in [1.29, 1.82) is 0 Å². The van der Waals surface area contributed by atoms with Crippen LogP contribution in [-0.4, -0.2) is 8.42 Å². The first-order chi connectivity index (χ1) is 10.4. The molecule has 112 valence electrons. The van der Waals surface area contributed by atoms with E-state index in [1.54, 1.807) is 0 Å². The first-order valence-electron chi connectivity index (χ1n) is 6.12. The molecule has 0 aliphatic carbocycles. The molecular formula is C15H8ClFO4S. The minimum absolute atomic E-state index is 0.0973. The molecule has 1 aromatic heterocycles. The Bertz CT molecular complexity index is 1020. The molecule has 1 heterocycles. The predicted octanol–water partition coefficient (Wildman–Crippen LogP) is 3.42. The predicted molar refractivity (Wildman–Crippen MR) is 79.3 cm³/mol. The van der Waals surface area contributed by atoms with Crippen LogP contribution in [-0.2, 0) is 9.84 Å². The van der Waals surface area contributed by atoms with E-state index in [1.807, 2.05) is 0 Å². The summed E-state index contributed by atoms with van der Waals surface area (Å²) in [7, 11) is -4.08. The van der Waals surface area contributed by atoms with Crippen LogP contribution in [0.2, 0.25) is 5.02 Å². The highest BCUT2D eigenvalue weighted by Crippen LogP contribution is 2.23. The van der Waals surface area contributed by atoms with Crippen LogP contribution in [0.1, 0.15) is 0 Å². The first-order valence-corrected chi connectivity index (χ1v) is 7.98. The van der Waals surface area contributed by atoms with Gasteiger partial charge in [-0.1, -0.05) is 11.6 Å². The topological polar surface area (TPSA) is 64.3 Å². The van der Waals surface area contributed by atoms with E-state index in [2.05, 4.69) is 0 Å². The first kappa shape index (κ1) is 14.7. The van der Waals surface area contributed by atoms with Gasteiger partial charge in [-0.3, -0.25) is 0 Å². The average Bonchev–Trinajstić information content (AvgIpc) is 2.47. The molecule has 22 heavy (non-hydrogen) atoms. The van der Waals surface area contributed by atoms with Gasteiger partial charge in [0.25, 0.3) is 0 Å². The quantitative estimate of drug-likeness (QED) is 0.672. The summed E-state index contributed by atoms with van der Waals surface area (Å²) in [6.07, 6.45) is 0. The van der Waals surface area contributed by atoms with Gasteiger partial charge in [0.2, 0.25) is 9.84 Å². The average molecular weight is 339 g/mol. The minimum Gasteiger partial charge on any atom is -0.422 e. The summed E-state index contributed by atoms with van der Waals surface area (Å²) in [6, 6.07) is 9.96. The zero-order valence-electron chi connectivity index (χ0n) is 10.9. The third-order valence-electron chi connectivity index (χ3n) is 3.08. The summed E-state index contributed by atoms with van der Waals surface area (Å²) in [5.74, 6) is -0.559. The van der Waals surface area contributed by atoms with E-state index in [0.29, 0.717) is 5.02 Å². The van der Waals surface area contributed by atoms with Crippen LogP contribution in [0.5, 0.6) is 0 Å². The van der Waals surface area contributed by atoms with Crippen LogP contribution in [0.25, 0.3) is 11.0 Å². The molecule has 0 bridgehead atoms. The Balaban J connectivity index is 2.26. The van der Waals surface area contributed by atoms with Gasteiger partial charge >= 0.3 is 5.63 Å². The summed E-state index contributed by atoms with van der Waals surface area (Å²) >= 11 is 5.72. The smallest absolute Gasteiger partial charge is 0.355 e. The number of hydrogen-bond donors (Lipinski definition) is 0. The lowest BCUT2D eigenvalue weighted by Crippen LogP contribution is -2.14. The normalized spacial score (nSPS) is 11.7. The highest BCUT2D eigenvalue weighted by atomic mass is 35.5. The Morgan fingerprint density at radius 1 is 1.00 bits per heavy atom. The molecule has 0 N–H and O–H groups in total. The van der Waals surface area contributed by atoms with E-state index in [-0.39, 0.29) is 15.9 Å². The maximum absolute atomic E-state index is 13.2. The minimum atomic E-state index is -4.08. The molecule has 0 unspecified atom stereocenters. The van der Waals surface area contributed by atoms with Gasteiger partial charge < -0.3 is 4.42 Å². The number of benzene rings is 2. The van der Waals surface area contributed by atoms with Crippen molar-refractivity contribution in [3.05, 3.63) is 69.8 Å². The molecule has 0 fully saturated rings. The Morgan fingerprint density at radius 2 is 1.68 bits per heavy atom. The second kappa shape index (κ2) is 5.23. The lowest BCUT2D eigenvalue weighted by Gasteiger charge is -2.05. The van der Waals surface area contributed by atoms with Gasteiger partial charge in [-0.25, -0.2) is 17.6 Å². The summed E-state index contributed by atoms with van der Waals surface area (Å²) in [4.78, 5) is 11.3. The van der Waals surface area contributed by atoms with Gasteiger partial charge in [-0.15, -0.1) is 0 Å². The largest absolute Gasteiger partial charge is 0.422 e. The third-order valence-corrected chi connectivity index (χ3v) is 5.08. The molecule has 0 radical (unpaired) electrons. The van der Waals surface area contributed by atoms with E-state index >= 15 is 0 Å². The van der Waals surface area contributed by atoms with Gasteiger partial charge in [-0.2, -0.15) is 0 Å². The fourth-order valence-electron chi connectivity index (χ4n) is 2.00. The standard InChI is InChI=1S/C15H8ClFO4S/c16-10-1-4-12(5-2-10)22(19,20)14-8-9-7-11(17)3-6-13(9)21-15(14)18/h1-8H. The maximum atomic E-state index is 13.2. The second-order valence-electron chi connectivity index (χ2n) is 4.54. The number of halogens is 2. The molecule has 3 aromatic rings. The summed E-state index contributed by atoms with van der Waals surface area (Å²) in [5.41, 5.74) is -0.893. The Morgan fingerprint density at radius 3 is 2.36 bits per heavy atom. The van der Waals surface area contributed by atoms with E-state index in [0.717, 1.165) is 18.2 Å². The number of rotatable bonds is 2. The van der Waals surface area contributed by atoms with Gasteiger partial charge in [0.1, 0.15) is 11.4 Å². The van der Waals surface area contributed by atoms with Gasteiger partial charge in [-0.05, 0) is 48.5 Å². The SMILES string of the molecule is O=c1oc2ccc(F)cc2cc1S(=O)(=O)c1ccc(Cl)cc1. The zero-order chi connectivity index (χ0) is 15.9. The second-order valence-corrected chi connectivity index (χ2v) is 6.89. The van der Waals surface area contributed by atoms with Crippen LogP contribution >= 0.6 is 11.6 Å². The number of sulfone groups is 1. The van der Waals surface area contributed by atoms with Crippen LogP contribution in [0.4, 0.5) is 4.39 Å². The molecular weight excluding hydrogens is 331 g/mol. The van der Waals surface area contributed by atoms with Crippen molar-refractivity contribution in [3.63, 3.8) is 0 Å². The van der Waals surface area contributed by atoms with Crippen molar-refractivity contribution < 1.29 is 17.2 Å². The zero-order valence-corrected chi connectivity index (χ0v) is 12.5. The Kier molecular flexibility index (Phi) is 3.50. The summed E-state index contributed by atoms with van der Waals surface area (Å²) in [6.45, 7) is 0. The van der Waals surface area contributed by atoms with Crippen LogP contribution in [0.3, 0.4) is 0 Å². The van der Waals surface area contributed by atoms with Crippen molar-refractivity contribution in [3.8, 4) is 0 Å². The van der Waals surface area contributed by atoms with Crippen LogP contribution in [0.15, 0.2) is 67.5 Å². The van der Waals surface area contributed by atoms with Crippen molar-refractivity contribution in [2.75, 3.05) is 0 Å². The molecule has 0 saturated carbocycles. The Hall–Kier alpha value is -2.18. The van der Waals surface area contributed by atoms with Crippen LogP contribution in [0, 0.1) is 5.82 Å². The number of fused-ring (bicyclic) bond motifs is 1. The van der Waals surface area contributed by atoms with Gasteiger partial charge in [0.05, 0.1) is 4.90 Å². The van der Waals surface area contributed by atoms with Gasteiger partial charge in [0, 0.05) is 10.4 Å². The molecule has 0 amide bonds. The monoisotopic (exact) mass is 338 g/mol. The summed E-state index contributed by atoms with van der Waals surface area (Å²) < 4.78 is 43.2. The lowest BCUT2D eigenvalue weighted by molar-refractivity contribution is 0.531. The highest BCUT2D eigenvalue weighted by Gasteiger charge is 2.23. The van der Waals surface area contributed by atoms with Crippen molar-refractivity contribution in [2.45, 2.75) is 9.79 Å². The molecule has 0 aliphatic rings. The lowest BCUT2D eigenvalue weighted by atomic mass is 10.2. The molecule has 3 rings (SSSR count). The van der Waals surface area contributed by atoms with Crippen molar-refractivity contribution in [1.82, 2.24) is 0 Å². The van der Waals surface area contributed by atoms with E-state index < -0.39 is 26.2 Å². The number of hydrogen-bond acceptors (Lipinski definition) is 4. The molecule has 0 aliphatic heterocycles. The van der Waals surface area contributed by atoms with E-state index in [4.69, 9.17) is 16.0 Å². The molecule has 2 aromatic carbocycles. The Labute approximate surface area is 129 Å². The molecule has 4 nitrogen and oxygen atoms in total. The van der Waals surface area contributed by atoms with Gasteiger partial charge in [0.15, 0.2) is 4.90 Å². The highest BCUT2D eigenvalue weighted by molar-refractivity contribution is 7.91. The molecule has 7 heteroatoms.